The number of sulfonamides is 1. The van der Waals surface area contributed by atoms with E-state index in [4.69, 9.17) is 11.6 Å². The van der Waals surface area contributed by atoms with Crippen molar-refractivity contribution in [1.29, 1.82) is 0 Å². The van der Waals surface area contributed by atoms with Crippen molar-refractivity contribution in [1.82, 2.24) is 9.71 Å². The van der Waals surface area contributed by atoms with Crippen molar-refractivity contribution in [2.75, 3.05) is 5.21 Å². The molecule has 0 fully saturated rings. The molecule has 7 heteroatoms. The minimum Gasteiger partial charge on any atom is -0.248 e. The van der Waals surface area contributed by atoms with Gasteiger partial charge in [0.1, 0.15) is 5.21 Å². The van der Waals surface area contributed by atoms with Crippen LogP contribution >= 0.6 is 22.9 Å². The highest BCUT2D eigenvalue weighted by Crippen LogP contribution is 2.00. The van der Waals surface area contributed by atoms with Crippen LogP contribution in [-0.2, 0) is 16.6 Å². The Balaban J connectivity index is 2.47. The summed E-state index contributed by atoms with van der Waals surface area (Å²) < 4.78 is 23.9. The Hall–Kier alpha value is -0.170. The van der Waals surface area contributed by atoms with Gasteiger partial charge in [-0.3, -0.25) is 0 Å². The zero-order valence-electron chi connectivity index (χ0n) is 6.03. The third kappa shape index (κ3) is 3.06. The molecule has 68 valence electrons. The van der Waals surface area contributed by atoms with E-state index in [-0.39, 0.29) is 6.54 Å². The Kier molecular flexibility index (Phi) is 3.45. The zero-order chi connectivity index (χ0) is 9.03. The number of rotatable bonds is 4. The van der Waals surface area contributed by atoms with Gasteiger partial charge in [0.25, 0.3) is 0 Å². The lowest BCUT2D eigenvalue weighted by Crippen LogP contribution is -2.23. The van der Waals surface area contributed by atoms with Crippen LogP contribution in [0.25, 0.3) is 0 Å². The summed E-state index contributed by atoms with van der Waals surface area (Å²) in [7, 11) is -3.32. The summed E-state index contributed by atoms with van der Waals surface area (Å²) >= 11 is 6.58. The molecule has 0 unspecified atom stereocenters. The number of halogens is 1. The molecule has 0 saturated carbocycles. The molecule has 0 aromatic carbocycles. The first-order chi connectivity index (χ1) is 5.64. The largest absolute Gasteiger partial charge is 0.248 e. The molecular weight excluding hydrogens is 220 g/mol. The van der Waals surface area contributed by atoms with E-state index in [0.717, 1.165) is 0 Å². The Bertz CT molecular complexity index is 321. The van der Waals surface area contributed by atoms with Crippen LogP contribution in [0.1, 0.15) is 5.69 Å². The lowest BCUT2D eigenvalue weighted by atomic mass is 10.5. The van der Waals surface area contributed by atoms with E-state index in [9.17, 15) is 8.42 Å². The van der Waals surface area contributed by atoms with Gasteiger partial charge in [-0.2, -0.15) is 0 Å². The van der Waals surface area contributed by atoms with Crippen LogP contribution < -0.4 is 4.72 Å². The van der Waals surface area contributed by atoms with Crippen molar-refractivity contribution in [3.8, 4) is 0 Å². The van der Waals surface area contributed by atoms with Gasteiger partial charge in [-0.25, -0.2) is 18.1 Å². The average molecular weight is 227 g/mol. The molecule has 0 bridgehead atoms. The van der Waals surface area contributed by atoms with Gasteiger partial charge in [0, 0.05) is 5.38 Å². The van der Waals surface area contributed by atoms with Crippen LogP contribution in [0.15, 0.2) is 10.9 Å². The predicted octanol–water partition coefficient (Wildman–Crippen LogP) is 0.759. The molecule has 0 amide bonds. The molecule has 0 aliphatic carbocycles. The molecule has 1 aromatic heterocycles. The maximum Gasteiger partial charge on any atom is 0.226 e. The molecule has 12 heavy (non-hydrogen) atoms. The van der Waals surface area contributed by atoms with Gasteiger partial charge in [-0.05, 0) is 0 Å². The number of aromatic nitrogens is 1. The highest BCUT2D eigenvalue weighted by Gasteiger charge is 2.07. The number of nitrogens with zero attached hydrogens (tertiary/aromatic N) is 1. The predicted molar refractivity (Wildman–Crippen MR) is 48.6 cm³/mol. The first kappa shape index (κ1) is 9.91. The number of hydrogen-bond donors (Lipinski definition) is 1. The molecule has 1 aromatic rings. The topological polar surface area (TPSA) is 59.1 Å². The van der Waals surface area contributed by atoms with E-state index in [0.29, 0.717) is 5.69 Å². The second kappa shape index (κ2) is 4.18. The molecule has 0 aliphatic rings. The van der Waals surface area contributed by atoms with Gasteiger partial charge in [0.15, 0.2) is 0 Å². The fourth-order valence-corrected chi connectivity index (χ4v) is 1.78. The number of hydrogen-bond acceptors (Lipinski definition) is 4. The van der Waals surface area contributed by atoms with Crippen molar-refractivity contribution < 1.29 is 8.42 Å². The van der Waals surface area contributed by atoms with E-state index < -0.39 is 15.2 Å². The van der Waals surface area contributed by atoms with Crippen molar-refractivity contribution in [2.45, 2.75) is 6.54 Å². The number of nitrogens with one attached hydrogen (secondary N) is 1. The molecule has 0 atom stereocenters. The SMILES string of the molecule is O=S(=O)(CCl)NCc1cscn1. The van der Waals surface area contributed by atoms with E-state index in [1.165, 1.54) is 11.3 Å². The van der Waals surface area contributed by atoms with Gasteiger partial charge in [0.2, 0.25) is 10.0 Å². The van der Waals surface area contributed by atoms with Crippen LogP contribution in [-0.4, -0.2) is 18.6 Å². The highest BCUT2D eigenvalue weighted by atomic mass is 35.5. The second-order valence-electron chi connectivity index (χ2n) is 2.02. The molecule has 0 aliphatic heterocycles. The third-order valence-corrected chi connectivity index (χ3v) is 3.47. The summed E-state index contributed by atoms with van der Waals surface area (Å²) in [6, 6.07) is 0. The molecule has 1 heterocycles. The lowest BCUT2D eigenvalue weighted by molar-refractivity contribution is 0.585. The van der Waals surface area contributed by atoms with E-state index in [1.54, 1.807) is 10.9 Å². The Labute approximate surface area is 79.6 Å². The van der Waals surface area contributed by atoms with Crippen LogP contribution in [0.4, 0.5) is 0 Å². The van der Waals surface area contributed by atoms with E-state index in [2.05, 4.69) is 9.71 Å². The van der Waals surface area contributed by atoms with Crippen LogP contribution in [0, 0.1) is 0 Å². The molecule has 0 spiro atoms. The first-order valence-electron chi connectivity index (χ1n) is 3.04. The number of thiazole rings is 1. The third-order valence-electron chi connectivity index (χ3n) is 1.10. The lowest BCUT2D eigenvalue weighted by Gasteiger charge is -1.99. The summed E-state index contributed by atoms with van der Waals surface area (Å²) in [6.45, 7) is 0.207. The van der Waals surface area contributed by atoms with E-state index in [1.807, 2.05) is 0 Å². The Morgan fingerprint density at radius 2 is 2.42 bits per heavy atom. The highest BCUT2D eigenvalue weighted by molar-refractivity contribution is 7.90. The Morgan fingerprint density at radius 1 is 1.67 bits per heavy atom. The van der Waals surface area contributed by atoms with Gasteiger partial charge in [-0.15, -0.1) is 22.9 Å². The van der Waals surface area contributed by atoms with Crippen molar-refractivity contribution >= 4 is 33.0 Å². The van der Waals surface area contributed by atoms with Crippen molar-refractivity contribution in [3.63, 3.8) is 0 Å². The summed E-state index contributed by atoms with van der Waals surface area (Å²) in [5.74, 6) is 0. The van der Waals surface area contributed by atoms with Crippen LogP contribution in [0.2, 0.25) is 0 Å². The van der Waals surface area contributed by atoms with Crippen LogP contribution in [0.5, 0.6) is 0 Å². The van der Waals surface area contributed by atoms with E-state index >= 15 is 0 Å². The fourth-order valence-electron chi connectivity index (χ4n) is 0.547. The molecular formula is C5H7ClN2O2S2. The van der Waals surface area contributed by atoms with Gasteiger partial charge >= 0.3 is 0 Å². The van der Waals surface area contributed by atoms with Crippen molar-refractivity contribution in [3.05, 3.63) is 16.6 Å². The average Bonchev–Trinajstić information content (AvgIpc) is 2.53. The minimum absolute atomic E-state index is 0.207. The Morgan fingerprint density at radius 3 is 2.92 bits per heavy atom. The maximum atomic E-state index is 10.8. The fraction of sp³-hybridized carbons (Fsp3) is 0.400. The zero-order valence-corrected chi connectivity index (χ0v) is 8.42. The van der Waals surface area contributed by atoms with Gasteiger partial charge < -0.3 is 0 Å². The first-order valence-corrected chi connectivity index (χ1v) is 6.17. The normalized spacial score (nSPS) is 11.8. The summed E-state index contributed by atoms with van der Waals surface area (Å²) in [5, 5.41) is 1.36. The molecule has 1 N–H and O–H groups in total. The minimum atomic E-state index is -3.32. The second-order valence-corrected chi connectivity index (χ2v) is 5.13. The summed E-state index contributed by atoms with van der Waals surface area (Å²) in [6.07, 6.45) is 0. The van der Waals surface area contributed by atoms with Crippen LogP contribution in [0.3, 0.4) is 0 Å². The van der Waals surface area contributed by atoms with Gasteiger partial charge in [-0.1, -0.05) is 0 Å². The smallest absolute Gasteiger partial charge is 0.226 e. The monoisotopic (exact) mass is 226 g/mol. The standard InChI is InChI=1S/C5H7ClN2O2S2/c6-3-12(9,10)8-1-5-2-11-4-7-5/h2,4,8H,1,3H2. The van der Waals surface area contributed by atoms with Crippen molar-refractivity contribution in [2.24, 2.45) is 0 Å². The molecule has 0 saturated heterocycles. The molecule has 1 rings (SSSR count). The quantitative estimate of drug-likeness (QED) is 0.772. The summed E-state index contributed by atoms with van der Waals surface area (Å²) in [4.78, 5) is 3.90. The van der Waals surface area contributed by atoms with Gasteiger partial charge in [0.05, 0.1) is 17.7 Å². The molecule has 0 radical (unpaired) electrons. The number of alkyl halides is 1. The maximum absolute atomic E-state index is 10.8. The molecule has 4 nitrogen and oxygen atoms in total. The summed E-state index contributed by atoms with van der Waals surface area (Å²) in [5.41, 5.74) is 2.35.